The summed E-state index contributed by atoms with van der Waals surface area (Å²) in [6.45, 7) is 12.3. The third-order valence-corrected chi connectivity index (χ3v) is 6.56. The average Bonchev–Trinajstić information content (AvgIpc) is 2.70. The molecule has 3 rings (SSSR count). The van der Waals surface area contributed by atoms with Crippen LogP contribution in [0.1, 0.15) is 38.7 Å². The van der Waals surface area contributed by atoms with Crippen LogP contribution in [-0.4, -0.2) is 74.7 Å². The Morgan fingerprint density at radius 1 is 1.11 bits per heavy atom. The average molecular weight is 499 g/mol. The lowest BCUT2D eigenvalue weighted by Crippen LogP contribution is -2.54. The van der Waals surface area contributed by atoms with Gasteiger partial charge in [0, 0.05) is 57.8 Å². The summed E-state index contributed by atoms with van der Waals surface area (Å²) in [5, 5.41) is 7.14. The molecular formula is C22H38IN5. The third-order valence-electron chi connectivity index (χ3n) is 6.56. The molecule has 0 spiro atoms. The quantitative estimate of drug-likeness (QED) is 0.344. The zero-order valence-electron chi connectivity index (χ0n) is 17.8. The normalized spacial score (nSPS) is 21.3. The van der Waals surface area contributed by atoms with E-state index < -0.39 is 0 Å². The van der Waals surface area contributed by atoms with E-state index in [4.69, 9.17) is 0 Å². The van der Waals surface area contributed by atoms with Crippen molar-refractivity contribution in [3.8, 4) is 0 Å². The number of piperazine rings is 1. The molecule has 6 heteroatoms. The Hall–Kier alpha value is -0.860. The van der Waals surface area contributed by atoms with Crippen LogP contribution in [0.2, 0.25) is 0 Å². The molecular weight excluding hydrogens is 461 g/mol. The zero-order chi connectivity index (χ0) is 19.1. The van der Waals surface area contributed by atoms with Gasteiger partial charge in [0.25, 0.3) is 0 Å². The van der Waals surface area contributed by atoms with Gasteiger partial charge >= 0.3 is 0 Å². The lowest BCUT2D eigenvalue weighted by atomic mass is 9.64. The van der Waals surface area contributed by atoms with E-state index in [9.17, 15) is 0 Å². The Balaban J connectivity index is 0.00000280. The van der Waals surface area contributed by atoms with E-state index in [1.54, 1.807) is 0 Å². The number of hydrogen-bond acceptors (Lipinski definition) is 3. The van der Waals surface area contributed by atoms with Crippen molar-refractivity contribution in [2.45, 2.75) is 44.6 Å². The molecule has 0 aromatic heterocycles. The van der Waals surface area contributed by atoms with E-state index in [0.717, 1.165) is 19.0 Å². The van der Waals surface area contributed by atoms with Gasteiger partial charge in [-0.25, -0.2) is 0 Å². The Bertz CT molecular complexity index is 594. The van der Waals surface area contributed by atoms with E-state index in [1.165, 1.54) is 57.5 Å². The number of benzene rings is 1. The molecule has 5 nitrogen and oxygen atoms in total. The number of hydrogen-bond donors (Lipinski definition) is 2. The molecule has 2 N–H and O–H groups in total. The summed E-state index contributed by atoms with van der Waals surface area (Å²) in [7, 11) is 1.87. The minimum absolute atomic E-state index is 0. The van der Waals surface area contributed by atoms with Crippen LogP contribution < -0.4 is 10.6 Å². The van der Waals surface area contributed by atoms with Crippen molar-refractivity contribution < 1.29 is 0 Å². The lowest BCUT2D eigenvalue weighted by Gasteiger charge is -2.43. The van der Waals surface area contributed by atoms with Crippen LogP contribution >= 0.6 is 24.0 Å². The molecule has 1 atom stereocenters. The molecule has 2 fully saturated rings. The van der Waals surface area contributed by atoms with Crippen molar-refractivity contribution in [3.05, 3.63) is 35.9 Å². The maximum Gasteiger partial charge on any atom is 0.191 e. The predicted octanol–water partition coefficient (Wildman–Crippen LogP) is 2.92. The number of likely N-dealkylation sites (N-methyl/N-ethyl adjacent to an activating group) is 1. The Labute approximate surface area is 188 Å². The highest BCUT2D eigenvalue weighted by Gasteiger charge is 2.38. The molecule has 158 valence electrons. The summed E-state index contributed by atoms with van der Waals surface area (Å²) < 4.78 is 0. The molecule has 1 saturated carbocycles. The molecule has 28 heavy (non-hydrogen) atoms. The van der Waals surface area contributed by atoms with E-state index in [2.05, 4.69) is 69.6 Å². The van der Waals surface area contributed by atoms with Gasteiger partial charge in [0.05, 0.1) is 0 Å². The second kappa shape index (κ2) is 11.4. The SMILES string of the molecule is CCN1CCN(C(C)CNC(=NC)NCC2(c3ccccc3)CCC2)CC1.I. The first-order valence-corrected chi connectivity index (χ1v) is 10.6. The molecule has 0 radical (unpaired) electrons. The minimum Gasteiger partial charge on any atom is -0.356 e. The molecule has 1 unspecified atom stereocenters. The number of nitrogens with one attached hydrogen (secondary N) is 2. The zero-order valence-corrected chi connectivity index (χ0v) is 20.1. The topological polar surface area (TPSA) is 42.9 Å². The second-order valence-electron chi connectivity index (χ2n) is 8.13. The fourth-order valence-corrected chi connectivity index (χ4v) is 4.33. The third kappa shape index (κ3) is 5.83. The van der Waals surface area contributed by atoms with Gasteiger partial charge in [0.1, 0.15) is 0 Å². The van der Waals surface area contributed by atoms with Gasteiger partial charge in [0.15, 0.2) is 5.96 Å². The molecule has 1 aromatic rings. The number of guanidine groups is 1. The van der Waals surface area contributed by atoms with Crippen molar-refractivity contribution in [1.82, 2.24) is 20.4 Å². The molecule has 1 aliphatic carbocycles. The van der Waals surface area contributed by atoms with Crippen LogP contribution in [0.25, 0.3) is 0 Å². The standard InChI is InChI=1S/C22H37N5.HI/c1-4-26-13-15-27(16-14-26)19(2)17-24-21(23-3)25-18-22(11-8-12-22)20-9-6-5-7-10-20;/h5-7,9-10,19H,4,8,11-18H2,1-3H3,(H2,23,24,25);1H. The largest absolute Gasteiger partial charge is 0.356 e. The van der Waals surface area contributed by atoms with Crippen LogP contribution in [0.4, 0.5) is 0 Å². The van der Waals surface area contributed by atoms with E-state index >= 15 is 0 Å². The van der Waals surface area contributed by atoms with Crippen LogP contribution in [0.3, 0.4) is 0 Å². The highest BCUT2D eigenvalue weighted by atomic mass is 127. The first-order valence-electron chi connectivity index (χ1n) is 10.6. The van der Waals surface area contributed by atoms with Crippen LogP contribution in [0, 0.1) is 0 Å². The molecule has 1 heterocycles. The number of nitrogens with zero attached hydrogens (tertiary/aromatic N) is 3. The molecule has 0 amide bonds. The highest BCUT2D eigenvalue weighted by Crippen LogP contribution is 2.43. The van der Waals surface area contributed by atoms with E-state index in [1.807, 2.05) is 7.05 Å². The summed E-state index contributed by atoms with van der Waals surface area (Å²) in [6, 6.07) is 11.5. The lowest BCUT2D eigenvalue weighted by molar-refractivity contribution is 0.107. The highest BCUT2D eigenvalue weighted by molar-refractivity contribution is 14.0. The van der Waals surface area contributed by atoms with Gasteiger partial charge in [-0.2, -0.15) is 0 Å². The van der Waals surface area contributed by atoms with Crippen LogP contribution in [-0.2, 0) is 5.41 Å². The fraction of sp³-hybridized carbons (Fsp3) is 0.682. The minimum atomic E-state index is 0. The molecule has 1 saturated heterocycles. The van der Waals surface area contributed by atoms with Gasteiger partial charge in [-0.3, -0.25) is 9.89 Å². The van der Waals surface area contributed by atoms with Gasteiger partial charge in [-0.1, -0.05) is 43.7 Å². The van der Waals surface area contributed by atoms with Crippen molar-refractivity contribution in [2.75, 3.05) is 52.9 Å². The monoisotopic (exact) mass is 499 g/mol. The van der Waals surface area contributed by atoms with Crippen molar-refractivity contribution in [2.24, 2.45) is 4.99 Å². The molecule has 2 aliphatic rings. The smallest absolute Gasteiger partial charge is 0.191 e. The first-order chi connectivity index (χ1) is 13.2. The number of aliphatic imine (C=N–C) groups is 1. The van der Waals surface area contributed by atoms with Gasteiger partial charge in [0.2, 0.25) is 0 Å². The summed E-state index contributed by atoms with van der Waals surface area (Å²) in [6.07, 6.45) is 3.85. The maximum atomic E-state index is 4.45. The van der Waals surface area contributed by atoms with Crippen LogP contribution in [0.5, 0.6) is 0 Å². The Morgan fingerprint density at radius 2 is 1.79 bits per heavy atom. The Morgan fingerprint density at radius 3 is 2.32 bits per heavy atom. The second-order valence-corrected chi connectivity index (χ2v) is 8.13. The van der Waals surface area contributed by atoms with Crippen molar-refractivity contribution >= 4 is 29.9 Å². The maximum absolute atomic E-state index is 4.45. The van der Waals surface area contributed by atoms with E-state index in [-0.39, 0.29) is 29.4 Å². The molecule has 1 aliphatic heterocycles. The van der Waals surface area contributed by atoms with Gasteiger partial charge in [-0.15, -0.1) is 24.0 Å². The summed E-state index contributed by atoms with van der Waals surface area (Å²) in [4.78, 5) is 9.57. The summed E-state index contributed by atoms with van der Waals surface area (Å²) in [5.74, 6) is 0.927. The molecule has 1 aromatic carbocycles. The van der Waals surface area contributed by atoms with Crippen molar-refractivity contribution in [3.63, 3.8) is 0 Å². The number of halogens is 1. The Kier molecular flexibility index (Phi) is 9.50. The van der Waals surface area contributed by atoms with Gasteiger partial charge < -0.3 is 15.5 Å². The van der Waals surface area contributed by atoms with E-state index in [0.29, 0.717) is 6.04 Å². The fourth-order valence-electron chi connectivity index (χ4n) is 4.33. The predicted molar refractivity (Wildman–Crippen MR) is 130 cm³/mol. The first kappa shape index (κ1) is 23.4. The van der Waals surface area contributed by atoms with Crippen LogP contribution in [0.15, 0.2) is 35.3 Å². The summed E-state index contributed by atoms with van der Waals surface area (Å²) in [5.41, 5.74) is 1.74. The number of rotatable bonds is 7. The van der Waals surface area contributed by atoms with Gasteiger partial charge in [-0.05, 0) is 31.9 Å². The summed E-state index contributed by atoms with van der Waals surface area (Å²) >= 11 is 0. The van der Waals surface area contributed by atoms with Crippen molar-refractivity contribution in [1.29, 1.82) is 0 Å². The molecule has 0 bridgehead atoms.